The molecule has 2 rings (SSSR count). The smallest absolute Gasteiger partial charge is 0.254 e. The summed E-state index contributed by atoms with van der Waals surface area (Å²) in [5, 5.41) is 2.70. The molecular weight excluding hydrogens is 285 g/mol. The van der Waals surface area contributed by atoms with E-state index < -0.39 is 5.82 Å². The molecule has 0 saturated carbocycles. The number of aryl methyl sites for hydroxylation is 1. The monoisotopic (exact) mass is 297 g/mol. The maximum absolute atomic E-state index is 13.6. The Balaban J connectivity index is 1.90. The van der Waals surface area contributed by atoms with Crippen LogP contribution in [0.15, 0.2) is 30.3 Å². The van der Waals surface area contributed by atoms with Gasteiger partial charge in [-0.2, -0.15) is 0 Å². The van der Waals surface area contributed by atoms with Crippen molar-refractivity contribution in [3.05, 3.63) is 56.5 Å². The quantitative estimate of drug-likeness (QED) is 0.913. The van der Waals surface area contributed by atoms with Crippen molar-refractivity contribution in [3.8, 4) is 0 Å². The van der Waals surface area contributed by atoms with Crippen LogP contribution in [-0.4, -0.2) is 12.5 Å². The van der Waals surface area contributed by atoms with Crippen molar-refractivity contribution < 1.29 is 9.18 Å². The molecule has 2 aromatic rings. The lowest BCUT2D eigenvalue weighted by atomic mass is 10.1. The van der Waals surface area contributed by atoms with Gasteiger partial charge in [0.1, 0.15) is 5.82 Å². The molecule has 0 radical (unpaired) electrons. The predicted octanol–water partition coefficient (Wildman–Crippen LogP) is 3.82. The van der Waals surface area contributed by atoms with Crippen LogP contribution >= 0.6 is 22.9 Å². The Morgan fingerprint density at radius 3 is 2.79 bits per heavy atom. The molecule has 0 spiro atoms. The number of carbonyl (C=O) groups excluding carboxylic acids is 1. The molecule has 2 nitrogen and oxygen atoms in total. The zero-order valence-corrected chi connectivity index (χ0v) is 11.9. The highest BCUT2D eigenvalue weighted by atomic mass is 35.5. The van der Waals surface area contributed by atoms with Crippen molar-refractivity contribution in [2.75, 3.05) is 6.54 Å². The second-order valence-corrected chi connectivity index (χ2v) is 5.99. The van der Waals surface area contributed by atoms with Crippen molar-refractivity contribution in [2.45, 2.75) is 13.3 Å². The van der Waals surface area contributed by atoms with Crippen LogP contribution in [0.5, 0.6) is 0 Å². The van der Waals surface area contributed by atoms with Gasteiger partial charge in [-0.25, -0.2) is 4.39 Å². The molecule has 1 heterocycles. The Labute approximate surface area is 120 Å². The molecule has 0 aliphatic rings. The normalized spacial score (nSPS) is 10.5. The van der Waals surface area contributed by atoms with Crippen molar-refractivity contribution in [1.82, 2.24) is 5.32 Å². The highest BCUT2D eigenvalue weighted by molar-refractivity contribution is 7.16. The molecule has 0 atom stereocenters. The van der Waals surface area contributed by atoms with Gasteiger partial charge in [-0.05, 0) is 43.2 Å². The first kappa shape index (κ1) is 14.0. The third-order valence-corrected chi connectivity index (χ3v) is 3.95. The van der Waals surface area contributed by atoms with Crippen LogP contribution in [0.3, 0.4) is 0 Å². The molecule has 0 saturated heterocycles. The number of hydrogen-bond acceptors (Lipinski definition) is 2. The number of hydrogen-bond donors (Lipinski definition) is 1. The van der Waals surface area contributed by atoms with Crippen molar-refractivity contribution in [1.29, 1.82) is 0 Å². The summed E-state index contributed by atoms with van der Waals surface area (Å²) in [6.07, 6.45) is 0.691. The number of carbonyl (C=O) groups is 1. The van der Waals surface area contributed by atoms with E-state index in [1.807, 2.05) is 12.1 Å². The zero-order chi connectivity index (χ0) is 13.8. The van der Waals surface area contributed by atoms with Gasteiger partial charge < -0.3 is 5.32 Å². The lowest BCUT2D eigenvalue weighted by Crippen LogP contribution is -2.26. The first-order chi connectivity index (χ1) is 9.06. The number of halogens is 2. The molecule has 0 bridgehead atoms. The van der Waals surface area contributed by atoms with Crippen LogP contribution in [0, 0.1) is 12.7 Å². The Morgan fingerprint density at radius 2 is 2.16 bits per heavy atom. The molecule has 100 valence electrons. The highest BCUT2D eigenvalue weighted by Gasteiger charge is 2.11. The zero-order valence-electron chi connectivity index (χ0n) is 10.4. The first-order valence-electron chi connectivity index (χ1n) is 5.85. The third kappa shape index (κ3) is 3.78. The standard InChI is InChI=1S/C14H13ClFNOS/c1-9-2-4-11(12(16)8-9)14(18)17-7-6-10-3-5-13(15)19-10/h2-5,8H,6-7H2,1H3,(H,17,18). The molecular formula is C14H13ClFNOS. The summed E-state index contributed by atoms with van der Waals surface area (Å²) in [6.45, 7) is 2.24. The van der Waals surface area contributed by atoms with E-state index in [4.69, 9.17) is 11.6 Å². The molecule has 1 N–H and O–H groups in total. The van der Waals surface area contributed by atoms with E-state index >= 15 is 0 Å². The number of thiophene rings is 1. The average Bonchev–Trinajstić information content (AvgIpc) is 2.75. The van der Waals surface area contributed by atoms with Crippen LogP contribution in [0.2, 0.25) is 4.34 Å². The Morgan fingerprint density at radius 1 is 1.37 bits per heavy atom. The number of nitrogens with one attached hydrogen (secondary N) is 1. The molecule has 1 aromatic carbocycles. The average molecular weight is 298 g/mol. The van der Waals surface area contributed by atoms with Crippen LogP contribution in [0.1, 0.15) is 20.8 Å². The summed E-state index contributed by atoms with van der Waals surface area (Å²) in [5.74, 6) is -0.878. The first-order valence-corrected chi connectivity index (χ1v) is 7.04. The largest absolute Gasteiger partial charge is 0.352 e. The van der Waals surface area contributed by atoms with E-state index in [2.05, 4.69) is 5.32 Å². The van der Waals surface area contributed by atoms with E-state index in [9.17, 15) is 9.18 Å². The molecule has 0 fully saturated rings. The van der Waals surface area contributed by atoms with Gasteiger partial charge in [0.05, 0.1) is 9.90 Å². The van der Waals surface area contributed by atoms with Crippen LogP contribution < -0.4 is 5.32 Å². The SMILES string of the molecule is Cc1ccc(C(=O)NCCc2ccc(Cl)s2)c(F)c1. The van der Waals surface area contributed by atoms with Crippen molar-refractivity contribution in [3.63, 3.8) is 0 Å². The van der Waals surface area contributed by atoms with Gasteiger partial charge in [-0.1, -0.05) is 17.7 Å². The lowest BCUT2D eigenvalue weighted by molar-refractivity contribution is 0.0950. The van der Waals surface area contributed by atoms with E-state index in [1.165, 1.54) is 23.5 Å². The number of benzene rings is 1. The summed E-state index contributed by atoms with van der Waals surface area (Å²) in [5.41, 5.74) is 0.872. The summed E-state index contributed by atoms with van der Waals surface area (Å²) in [6, 6.07) is 8.32. The van der Waals surface area contributed by atoms with Crippen LogP contribution in [-0.2, 0) is 6.42 Å². The molecule has 1 amide bonds. The van der Waals surface area contributed by atoms with Gasteiger partial charge >= 0.3 is 0 Å². The number of rotatable bonds is 4. The fourth-order valence-corrected chi connectivity index (χ4v) is 2.77. The predicted molar refractivity (Wildman–Crippen MR) is 76.5 cm³/mol. The molecule has 0 unspecified atom stereocenters. The molecule has 5 heteroatoms. The molecule has 1 aromatic heterocycles. The van der Waals surface area contributed by atoms with Gasteiger partial charge in [-0.3, -0.25) is 4.79 Å². The summed E-state index contributed by atoms with van der Waals surface area (Å²) >= 11 is 7.30. The van der Waals surface area contributed by atoms with Crippen molar-refractivity contribution in [2.24, 2.45) is 0 Å². The van der Waals surface area contributed by atoms with E-state index in [1.54, 1.807) is 13.0 Å². The molecule has 0 aliphatic heterocycles. The maximum Gasteiger partial charge on any atom is 0.254 e. The summed E-state index contributed by atoms with van der Waals surface area (Å²) in [7, 11) is 0. The maximum atomic E-state index is 13.6. The van der Waals surface area contributed by atoms with Crippen molar-refractivity contribution >= 4 is 28.8 Å². The van der Waals surface area contributed by atoms with E-state index in [0.717, 1.165) is 14.8 Å². The minimum Gasteiger partial charge on any atom is -0.352 e. The number of amides is 1. The summed E-state index contributed by atoms with van der Waals surface area (Å²) in [4.78, 5) is 12.9. The summed E-state index contributed by atoms with van der Waals surface area (Å²) < 4.78 is 14.3. The molecule has 0 aliphatic carbocycles. The minimum absolute atomic E-state index is 0.0785. The Hall–Kier alpha value is -1.39. The highest BCUT2D eigenvalue weighted by Crippen LogP contribution is 2.21. The van der Waals surface area contributed by atoms with Gasteiger partial charge in [0, 0.05) is 11.4 Å². The van der Waals surface area contributed by atoms with Crippen LogP contribution in [0.25, 0.3) is 0 Å². The Bertz CT molecular complexity index is 597. The second kappa shape index (κ2) is 6.17. The topological polar surface area (TPSA) is 29.1 Å². The Kier molecular flexibility index (Phi) is 4.56. The third-order valence-electron chi connectivity index (χ3n) is 2.66. The van der Waals surface area contributed by atoms with Gasteiger partial charge in [0.2, 0.25) is 0 Å². The van der Waals surface area contributed by atoms with Crippen LogP contribution in [0.4, 0.5) is 4.39 Å². The van der Waals surface area contributed by atoms with E-state index in [-0.39, 0.29) is 11.5 Å². The minimum atomic E-state index is -0.489. The fourth-order valence-electron chi connectivity index (χ4n) is 1.68. The van der Waals surface area contributed by atoms with E-state index in [0.29, 0.717) is 13.0 Å². The lowest BCUT2D eigenvalue weighted by Gasteiger charge is -2.06. The molecule has 19 heavy (non-hydrogen) atoms. The second-order valence-electron chi connectivity index (χ2n) is 4.20. The fraction of sp³-hybridized carbons (Fsp3) is 0.214. The van der Waals surface area contributed by atoms with Gasteiger partial charge in [0.15, 0.2) is 0 Å². The van der Waals surface area contributed by atoms with Gasteiger partial charge in [0.25, 0.3) is 5.91 Å². The van der Waals surface area contributed by atoms with Gasteiger partial charge in [-0.15, -0.1) is 11.3 Å².